The highest BCUT2D eigenvalue weighted by molar-refractivity contribution is 5.62. The molecule has 1 N–H and O–H groups in total. The molecule has 0 spiro atoms. The third kappa shape index (κ3) is 2.80. The standard InChI is InChI=1S/C18H20N4O/c1-13-10-17(23-21-13)16-8-5-9-22(16)12-15-11-19-20-18(15)14-6-3-2-4-7-14/h2-4,6-7,10-11,16H,5,8-9,12H2,1H3,(H,19,20). The van der Waals surface area contributed by atoms with E-state index in [9.17, 15) is 0 Å². The molecule has 0 bridgehead atoms. The summed E-state index contributed by atoms with van der Waals surface area (Å²) in [7, 11) is 0. The van der Waals surface area contributed by atoms with Gasteiger partial charge in [0.15, 0.2) is 5.76 Å². The first-order valence-corrected chi connectivity index (χ1v) is 8.06. The maximum atomic E-state index is 5.50. The second kappa shape index (κ2) is 6.01. The van der Waals surface area contributed by atoms with Crippen molar-refractivity contribution in [2.45, 2.75) is 32.4 Å². The second-order valence-electron chi connectivity index (χ2n) is 6.14. The lowest BCUT2D eigenvalue weighted by Gasteiger charge is -2.22. The van der Waals surface area contributed by atoms with Gasteiger partial charge in [0, 0.05) is 18.2 Å². The molecule has 23 heavy (non-hydrogen) atoms. The van der Waals surface area contributed by atoms with Crippen LogP contribution in [0.5, 0.6) is 0 Å². The Morgan fingerprint density at radius 2 is 2.17 bits per heavy atom. The molecule has 3 heterocycles. The number of nitrogens with zero attached hydrogens (tertiary/aromatic N) is 3. The Balaban J connectivity index is 1.58. The highest BCUT2D eigenvalue weighted by Crippen LogP contribution is 2.34. The average molecular weight is 308 g/mol. The fourth-order valence-electron chi connectivity index (χ4n) is 3.38. The van der Waals surface area contributed by atoms with E-state index in [0.717, 1.165) is 36.7 Å². The van der Waals surface area contributed by atoms with Crippen molar-refractivity contribution < 1.29 is 4.52 Å². The van der Waals surface area contributed by atoms with Crippen molar-refractivity contribution in [2.24, 2.45) is 0 Å². The number of hydrogen-bond donors (Lipinski definition) is 1. The van der Waals surface area contributed by atoms with Crippen LogP contribution in [-0.2, 0) is 6.54 Å². The zero-order valence-electron chi connectivity index (χ0n) is 13.2. The van der Waals surface area contributed by atoms with Crippen molar-refractivity contribution in [2.75, 3.05) is 6.54 Å². The van der Waals surface area contributed by atoms with E-state index in [1.807, 2.05) is 19.2 Å². The van der Waals surface area contributed by atoms with E-state index in [1.165, 1.54) is 17.5 Å². The number of aromatic nitrogens is 3. The minimum atomic E-state index is 0.315. The molecule has 3 aromatic rings. The van der Waals surface area contributed by atoms with Gasteiger partial charge in [0.1, 0.15) is 0 Å². The fourth-order valence-corrected chi connectivity index (χ4v) is 3.38. The van der Waals surface area contributed by atoms with Crippen LogP contribution in [0.3, 0.4) is 0 Å². The first kappa shape index (κ1) is 14.2. The zero-order valence-corrected chi connectivity index (χ0v) is 13.2. The molecule has 1 atom stereocenters. The predicted molar refractivity (Wildman–Crippen MR) is 87.6 cm³/mol. The van der Waals surface area contributed by atoms with Gasteiger partial charge in [-0.05, 0) is 31.9 Å². The van der Waals surface area contributed by atoms with Crippen LogP contribution in [0.15, 0.2) is 47.1 Å². The third-order valence-electron chi connectivity index (χ3n) is 4.49. The molecule has 5 nitrogen and oxygen atoms in total. The summed E-state index contributed by atoms with van der Waals surface area (Å²) in [4.78, 5) is 2.46. The number of benzene rings is 1. The molecular weight excluding hydrogens is 288 g/mol. The van der Waals surface area contributed by atoms with Crippen molar-refractivity contribution in [3.63, 3.8) is 0 Å². The number of nitrogens with one attached hydrogen (secondary N) is 1. The van der Waals surface area contributed by atoms with Crippen LogP contribution in [0.25, 0.3) is 11.3 Å². The maximum absolute atomic E-state index is 5.50. The van der Waals surface area contributed by atoms with Crippen molar-refractivity contribution in [3.05, 3.63) is 59.6 Å². The summed E-state index contributed by atoms with van der Waals surface area (Å²) < 4.78 is 5.50. The van der Waals surface area contributed by atoms with E-state index in [2.05, 4.69) is 50.6 Å². The molecule has 2 aromatic heterocycles. The molecule has 0 radical (unpaired) electrons. The number of hydrogen-bond acceptors (Lipinski definition) is 4. The number of rotatable bonds is 4. The molecule has 0 amide bonds. The van der Waals surface area contributed by atoms with Crippen molar-refractivity contribution in [1.82, 2.24) is 20.3 Å². The summed E-state index contributed by atoms with van der Waals surface area (Å²) in [5.41, 5.74) is 4.44. The molecule has 1 fully saturated rings. The molecule has 1 unspecified atom stereocenters. The van der Waals surface area contributed by atoms with Gasteiger partial charge in [0.25, 0.3) is 0 Å². The quantitative estimate of drug-likeness (QED) is 0.798. The highest BCUT2D eigenvalue weighted by atomic mass is 16.5. The van der Waals surface area contributed by atoms with E-state index in [-0.39, 0.29) is 0 Å². The van der Waals surface area contributed by atoms with Gasteiger partial charge >= 0.3 is 0 Å². The normalized spacial score (nSPS) is 18.6. The van der Waals surface area contributed by atoms with Gasteiger partial charge in [-0.3, -0.25) is 10.00 Å². The number of aromatic amines is 1. The SMILES string of the molecule is Cc1cc(C2CCCN2Cc2cn[nH]c2-c2ccccc2)on1. The lowest BCUT2D eigenvalue weighted by atomic mass is 10.1. The summed E-state index contributed by atoms with van der Waals surface area (Å²) in [6.07, 6.45) is 4.24. The van der Waals surface area contributed by atoms with Crippen LogP contribution in [-0.4, -0.2) is 26.8 Å². The largest absolute Gasteiger partial charge is 0.359 e. The highest BCUT2D eigenvalue weighted by Gasteiger charge is 2.29. The Morgan fingerprint density at radius 1 is 1.30 bits per heavy atom. The van der Waals surface area contributed by atoms with Gasteiger partial charge in [-0.1, -0.05) is 35.5 Å². The lowest BCUT2D eigenvalue weighted by Crippen LogP contribution is -2.22. The minimum Gasteiger partial charge on any atom is -0.359 e. The van der Waals surface area contributed by atoms with Crippen LogP contribution in [0.4, 0.5) is 0 Å². The summed E-state index contributed by atoms with van der Waals surface area (Å²) in [6, 6.07) is 12.7. The first-order valence-electron chi connectivity index (χ1n) is 8.06. The predicted octanol–water partition coefficient (Wildman–Crippen LogP) is 3.71. The summed E-state index contributed by atoms with van der Waals surface area (Å²) in [5.74, 6) is 0.977. The molecule has 118 valence electrons. The molecule has 4 rings (SSSR count). The third-order valence-corrected chi connectivity index (χ3v) is 4.49. The van der Waals surface area contributed by atoms with Crippen LogP contribution in [0.1, 0.15) is 35.9 Å². The molecule has 5 heteroatoms. The summed E-state index contributed by atoms with van der Waals surface area (Å²) in [6.45, 7) is 3.91. The number of aryl methyl sites for hydroxylation is 1. The Morgan fingerprint density at radius 3 is 2.96 bits per heavy atom. The van der Waals surface area contributed by atoms with Gasteiger partial charge in [0.05, 0.1) is 23.6 Å². The van der Waals surface area contributed by atoms with E-state index < -0.39 is 0 Å². The van der Waals surface area contributed by atoms with Crippen LogP contribution < -0.4 is 0 Å². The molecular formula is C18H20N4O. The second-order valence-corrected chi connectivity index (χ2v) is 6.14. The van der Waals surface area contributed by atoms with Crippen LogP contribution in [0, 0.1) is 6.92 Å². The molecule has 1 saturated heterocycles. The zero-order chi connectivity index (χ0) is 15.6. The Kier molecular flexibility index (Phi) is 3.71. The summed E-state index contributed by atoms with van der Waals surface area (Å²) in [5, 5.41) is 11.4. The van der Waals surface area contributed by atoms with Crippen LogP contribution >= 0.6 is 0 Å². The molecule has 1 aliphatic rings. The molecule has 1 aliphatic heterocycles. The van der Waals surface area contributed by atoms with Crippen molar-refractivity contribution in [1.29, 1.82) is 0 Å². The number of H-pyrrole nitrogens is 1. The van der Waals surface area contributed by atoms with Crippen molar-refractivity contribution in [3.8, 4) is 11.3 Å². The van der Waals surface area contributed by atoms with Crippen molar-refractivity contribution >= 4 is 0 Å². The number of likely N-dealkylation sites (tertiary alicyclic amines) is 1. The minimum absolute atomic E-state index is 0.315. The Labute approximate surface area is 135 Å². The Bertz CT molecular complexity index is 777. The average Bonchev–Trinajstić information content (AvgIpc) is 3.29. The first-order chi connectivity index (χ1) is 11.3. The summed E-state index contributed by atoms with van der Waals surface area (Å²) >= 11 is 0. The lowest BCUT2D eigenvalue weighted by molar-refractivity contribution is 0.207. The molecule has 0 aliphatic carbocycles. The van der Waals surface area contributed by atoms with Crippen LogP contribution in [0.2, 0.25) is 0 Å². The van der Waals surface area contributed by atoms with E-state index >= 15 is 0 Å². The van der Waals surface area contributed by atoms with E-state index in [1.54, 1.807) is 0 Å². The van der Waals surface area contributed by atoms with E-state index in [4.69, 9.17) is 4.52 Å². The van der Waals surface area contributed by atoms with Gasteiger partial charge < -0.3 is 4.52 Å². The fraction of sp³-hybridized carbons (Fsp3) is 0.333. The van der Waals surface area contributed by atoms with E-state index in [0.29, 0.717) is 6.04 Å². The topological polar surface area (TPSA) is 58.0 Å². The maximum Gasteiger partial charge on any atom is 0.154 e. The van der Waals surface area contributed by atoms with Gasteiger partial charge in [0.2, 0.25) is 0 Å². The van der Waals surface area contributed by atoms with Gasteiger partial charge in [-0.2, -0.15) is 5.10 Å². The molecule has 1 aromatic carbocycles. The molecule has 0 saturated carbocycles. The van der Waals surface area contributed by atoms with Gasteiger partial charge in [-0.25, -0.2) is 0 Å². The smallest absolute Gasteiger partial charge is 0.154 e. The Hall–Kier alpha value is -2.40. The monoisotopic (exact) mass is 308 g/mol. The van der Waals surface area contributed by atoms with Gasteiger partial charge in [-0.15, -0.1) is 0 Å².